The molecule has 16 heavy (non-hydrogen) atoms. The lowest BCUT2D eigenvalue weighted by Gasteiger charge is -1.97. The van der Waals surface area contributed by atoms with Crippen LogP contribution in [0.1, 0.15) is 10.4 Å². The quantitative estimate of drug-likeness (QED) is 0.792. The van der Waals surface area contributed by atoms with E-state index in [2.05, 4.69) is 41.7 Å². The highest BCUT2D eigenvalue weighted by molar-refractivity contribution is 7.15. The van der Waals surface area contributed by atoms with Crippen molar-refractivity contribution in [3.05, 3.63) is 46.8 Å². The molecule has 1 aliphatic heterocycles. The molecule has 0 amide bonds. The second-order valence-corrected chi connectivity index (χ2v) is 5.31. The minimum atomic E-state index is 1.12. The maximum atomic E-state index is 3.45. The van der Waals surface area contributed by atoms with E-state index >= 15 is 0 Å². The summed E-state index contributed by atoms with van der Waals surface area (Å²) in [5, 5.41) is 3.45. The van der Waals surface area contributed by atoms with Gasteiger partial charge in [0.2, 0.25) is 0 Å². The summed E-state index contributed by atoms with van der Waals surface area (Å²) in [6.45, 7) is 2.25. The maximum absolute atomic E-state index is 3.45. The number of hydrogen-bond acceptors (Lipinski definition) is 2. The van der Waals surface area contributed by atoms with Crippen molar-refractivity contribution in [2.24, 2.45) is 0 Å². The Balaban J connectivity index is 1.98. The molecule has 3 rings (SSSR count). The van der Waals surface area contributed by atoms with Crippen molar-refractivity contribution in [3.8, 4) is 10.4 Å². The summed E-state index contributed by atoms with van der Waals surface area (Å²) in [5.74, 6) is 0. The molecule has 0 spiro atoms. The summed E-state index contributed by atoms with van der Waals surface area (Å²) < 4.78 is 0. The number of fused-ring (bicyclic) bond motifs is 1. The van der Waals surface area contributed by atoms with Crippen molar-refractivity contribution < 1.29 is 0 Å². The SMILES string of the molecule is c1ccc(-c2cc3c(s2)CCNCC3)cc1. The topological polar surface area (TPSA) is 12.0 Å². The molecule has 0 bridgehead atoms. The molecule has 0 fully saturated rings. The number of rotatable bonds is 1. The number of benzene rings is 1. The summed E-state index contributed by atoms with van der Waals surface area (Å²) >= 11 is 1.96. The Morgan fingerprint density at radius 3 is 2.69 bits per heavy atom. The molecule has 0 radical (unpaired) electrons. The molecule has 2 heterocycles. The second-order valence-electron chi connectivity index (χ2n) is 4.18. The fourth-order valence-electron chi connectivity index (χ4n) is 2.18. The molecule has 0 saturated heterocycles. The first kappa shape index (κ1) is 10.1. The lowest BCUT2D eigenvalue weighted by atomic mass is 10.1. The molecule has 1 aliphatic rings. The normalized spacial score (nSPS) is 15.5. The van der Waals surface area contributed by atoms with Gasteiger partial charge in [-0.1, -0.05) is 30.3 Å². The Morgan fingerprint density at radius 2 is 1.81 bits per heavy atom. The van der Waals surface area contributed by atoms with Gasteiger partial charge in [-0.2, -0.15) is 0 Å². The first-order chi connectivity index (χ1) is 7.93. The highest BCUT2D eigenvalue weighted by Gasteiger charge is 2.12. The van der Waals surface area contributed by atoms with Gasteiger partial charge in [-0.3, -0.25) is 0 Å². The van der Waals surface area contributed by atoms with Crippen molar-refractivity contribution in [2.45, 2.75) is 12.8 Å². The lowest BCUT2D eigenvalue weighted by molar-refractivity contribution is 0.712. The van der Waals surface area contributed by atoms with Crippen LogP contribution in [-0.4, -0.2) is 13.1 Å². The molecule has 82 valence electrons. The molecule has 2 heteroatoms. The number of nitrogens with one attached hydrogen (secondary N) is 1. The second kappa shape index (κ2) is 4.40. The zero-order valence-corrected chi connectivity index (χ0v) is 10.0. The van der Waals surface area contributed by atoms with Crippen molar-refractivity contribution in [3.63, 3.8) is 0 Å². The van der Waals surface area contributed by atoms with E-state index in [9.17, 15) is 0 Å². The van der Waals surface area contributed by atoms with Gasteiger partial charge in [-0.15, -0.1) is 11.3 Å². The average Bonchev–Trinajstić information content (AvgIpc) is 2.62. The van der Waals surface area contributed by atoms with E-state index < -0.39 is 0 Å². The smallest absolute Gasteiger partial charge is 0.0348 e. The maximum Gasteiger partial charge on any atom is 0.0348 e. The van der Waals surface area contributed by atoms with Gasteiger partial charge < -0.3 is 5.32 Å². The molecule has 1 aromatic heterocycles. The third-order valence-corrected chi connectivity index (χ3v) is 4.34. The van der Waals surface area contributed by atoms with Gasteiger partial charge in [-0.05, 0) is 43.1 Å². The van der Waals surface area contributed by atoms with Gasteiger partial charge in [0.25, 0.3) is 0 Å². The zero-order valence-electron chi connectivity index (χ0n) is 9.20. The predicted molar refractivity (Wildman–Crippen MR) is 70.0 cm³/mol. The number of hydrogen-bond donors (Lipinski definition) is 1. The van der Waals surface area contributed by atoms with Crippen molar-refractivity contribution in [1.29, 1.82) is 0 Å². The van der Waals surface area contributed by atoms with Crippen LogP contribution in [0, 0.1) is 0 Å². The summed E-state index contributed by atoms with van der Waals surface area (Å²) in [6.07, 6.45) is 2.37. The Bertz CT molecular complexity index is 449. The highest BCUT2D eigenvalue weighted by Crippen LogP contribution is 2.32. The first-order valence-corrected chi connectivity index (χ1v) is 6.63. The van der Waals surface area contributed by atoms with Gasteiger partial charge in [0.05, 0.1) is 0 Å². The molecular formula is C14H15NS. The fourth-order valence-corrected chi connectivity index (χ4v) is 3.40. The molecule has 0 aliphatic carbocycles. The van der Waals surface area contributed by atoms with Gasteiger partial charge >= 0.3 is 0 Å². The summed E-state index contributed by atoms with van der Waals surface area (Å²) in [7, 11) is 0. The van der Waals surface area contributed by atoms with Crippen LogP contribution in [0.25, 0.3) is 10.4 Å². The van der Waals surface area contributed by atoms with Crippen LogP contribution >= 0.6 is 11.3 Å². The molecule has 1 nitrogen and oxygen atoms in total. The molecule has 0 saturated carbocycles. The van der Waals surface area contributed by atoms with E-state index in [0.29, 0.717) is 0 Å². The summed E-state index contributed by atoms with van der Waals surface area (Å²) in [4.78, 5) is 3.00. The van der Waals surface area contributed by atoms with Crippen molar-refractivity contribution in [1.82, 2.24) is 5.32 Å². The van der Waals surface area contributed by atoms with Gasteiger partial charge in [-0.25, -0.2) is 0 Å². The minimum absolute atomic E-state index is 1.12. The van der Waals surface area contributed by atoms with E-state index in [0.717, 1.165) is 13.1 Å². The number of thiophene rings is 1. The minimum Gasteiger partial charge on any atom is -0.316 e. The third-order valence-electron chi connectivity index (χ3n) is 3.05. The largest absolute Gasteiger partial charge is 0.316 e. The van der Waals surface area contributed by atoms with E-state index in [4.69, 9.17) is 0 Å². The van der Waals surface area contributed by atoms with Crippen LogP contribution in [0.5, 0.6) is 0 Å². The molecule has 0 unspecified atom stereocenters. The highest BCUT2D eigenvalue weighted by atomic mass is 32.1. The van der Waals surface area contributed by atoms with Crippen LogP contribution in [0.15, 0.2) is 36.4 Å². The predicted octanol–water partition coefficient (Wildman–Crippen LogP) is 3.10. The van der Waals surface area contributed by atoms with Crippen LogP contribution in [-0.2, 0) is 12.8 Å². The Kier molecular flexibility index (Phi) is 2.77. The van der Waals surface area contributed by atoms with Crippen molar-refractivity contribution in [2.75, 3.05) is 13.1 Å². The molecule has 0 atom stereocenters. The summed E-state index contributed by atoms with van der Waals surface area (Å²) in [6, 6.07) is 13.1. The van der Waals surface area contributed by atoms with Crippen LogP contribution in [0.4, 0.5) is 0 Å². The monoisotopic (exact) mass is 229 g/mol. The van der Waals surface area contributed by atoms with Crippen LogP contribution < -0.4 is 5.32 Å². The Morgan fingerprint density at radius 1 is 1.00 bits per heavy atom. The molecular weight excluding hydrogens is 214 g/mol. The fraction of sp³-hybridized carbons (Fsp3) is 0.286. The third kappa shape index (κ3) is 1.91. The Hall–Kier alpha value is -1.12. The van der Waals surface area contributed by atoms with Gasteiger partial charge in [0, 0.05) is 9.75 Å². The Labute approximate surface area is 100 Å². The molecule has 1 N–H and O–H groups in total. The van der Waals surface area contributed by atoms with E-state index in [1.807, 2.05) is 11.3 Å². The molecule has 1 aromatic carbocycles. The van der Waals surface area contributed by atoms with E-state index in [-0.39, 0.29) is 0 Å². The molecule has 2 aromatic rings. The lowest BCUT2D eigenvalue weighted by Crippen LogP contribution is -2.16. The zero-order chi connectivity index (χ0) is 10.8. The average molecular weight is 229 g/mol. The van der Waals surface area contributed by atoms with Gasteiger partial charge in [0.15, 0.2) is 0 Å². The van der Waals surface area contributed by atoms with Gasteiger partial charge in [0.1, 0.15) is 0 Å². The van der Waals surface area contributed by atoms with Crippen molar-refractivity contribution >= 4 is 11.3 Å². The first-order valence-electron chi connectivity index (χ1n) is 5.81. The van der Waals surface area contributed by atoms with E-state index in [1.54, 1.807) is 10.4 Å². The van der Waals surface area contributed by atoms with E-state index in [1.165, 1.54) is 23.3 Å². The standard InChI is InChI=1S/C14H15NS/c1-2-4-11(5-3-1)14-10-12-6-8-15-9-7-13(12)16-14/h1-5,10,15H,6-9H2. The summed E-state index contributed by atoms with van der Waals surface area (Å²) in [5.41, 5.74) is 2.90. The van der Waals surface area contributed by atoms with Crippen LogP contribution in [0.3, 0.4) is 0 Å². The van der Waals surface area contributed by atoms with Crippen LogP contribution in [0.2, 0.25) is 0 Å².